The van der Waals surface area contributed by atoms with Crippen molar-refractivity contribution in [3.05, 3.63) is 131 Å². The van der Waals surface area contributed by atoms with Gasteiger partial charge in [-0.2, -0.15) is 0 Å². The van der Waals surface area contributed by atoms with Crippen molar-refractivity contribution in [3.8, 4) is 28.7 Å². The van der Waals surface area contributed by atoms with Gasteiger partial charge < -0.3 is 34.3 Å². The summed E-state index contributed by atoms with van der Waals surface area (Å²) >= 11 is 0. The molecule has 0 amide bonds. The second kappa shape index (κ2) is 15.8. The van der Waals surface area contributed by atoms with Crippen LogP contribution in [0, 0.1) is 11.3 Å². The molecule has 5 aromatic carbocycles. The molecule has 1 saturated carbocycles. The molecule has 9 nitrogen and oxygen atoms in total. The molecule has 0 aromatic heterocycles. The third-order valence-electron chi connectivity index (χ3n) is 11.3. The maximum atomic E-state index is 13.8. The number of benzene rings is 5. The van der Waals surface area contributed by atoms with Crippen LogP contribution in [-0.4, -0.2) is 53.7 Å². The van der Waals surface area contributed by atoms with E-state index >= 15 is 0 Å². The Balaban J connectivity index is 1.31. The molecule has 2 aliphatic carbocycles. The van der Waals surface area contributed by atoms with Gasteiger partial charge in [-0.3, -0.25) is 9.59 Å². The first-order valence-corrected chi connectivity index (χ1v) is 18.6. The first kappa shape index (κ1) is 37.4. The summed E-state index contributed by atoms with van der Waals surface area (Å²) in [6.45, 7) is 1.41. The van der Waals surface area contributed by atoms with Crippen LogP contribution in [0.4, 0.5) is 0 Å². The lowest BCUT2D eigenvalue weighted by molar-refractivity contribution is -0.161. The van der Waals surface area contributed by atoms with Crippen molar-refractivity contribution in [1.82, 2.24) is 0 Å². The standard InChI is InChI=1S/C46H46O9/c1-28(47)54-42-25-38(55-45(51)18-30-9-10-32-19-37(48)13-11-31(32)17-30)20-35(33-12-14-40(49)43(23-33)52-2)26-46(16-15-29-7-5-4-6-8-29)27-36-22-41(50)44(53-3)24-34(36)21-39(42)46/h4-17,19,22-24,35,38-39,42,48-50H,18,20-21,25-27H2,1-3H3/b16-15+/t35-,38+,39+,42-,46-/m1/s1. The van der Waals surface area contributed by atoms with Crippen LogP contribution in [0.1, 0.15) is 59.9 Å². The van der Waals surface area contributed by atoms with E-state index in [0.717, 1.165) is 38.6 Å². The topological polar surface area (TPSA) is 132 Å². The normalized spacial score (nSPS) is 22.2. The smallest absolute Gasteiger partial charge is 0.310 e. The van der Waals surface area contributed by atoms with E-state index in [0.29, 0.717) is 37.2 Å². The number of methoxy groups -OCH3 is 2. The molecule has 9 heteroatoms. The number of carbonyl (C=O) groups is 2. The van der Waals surface area contributed by atoms with Crippen molar-refractivity contribution in [1.29, 1.82) is 0 Å². The van der Waals surface area contributed by atoms with Crippen molar-refractivity contribution >= 4 is 28.8 Å². The molecule has 7 rings (SSSR count). The number of fused-ring (bicyclic) bond motifs is 3. The van der Waals surface area contributed by atoms with Gasteiger partial charge in [0.05, 0.1) is 20.6 Å². The summed E-state index contributed by atoms with van der Waals surface area (Å²) in [6, 6.07) is 29.8. The summed E-state index contributed by atoms with van der Waals surface area (Å²) in [5.41, 5.74) is 4.08. The molecule has 0 radical (unpaired) electrons. The van der Waals surface area contributed by atoms with Crippen LogP contribution >= 0.6 is 0 Å². The van der Waals surface area contributed by atoms with E-state index in [-0.39, 0.29) is 41.9 Å². The number of ether oxygens (including phenoxy) is 4. The Hall–Kier alpha value is -5.96. The van der Waals surface area contributed by atoms with Crippen molar-refractivity contribution in [2.24, 2.45) is 11.3 Å². The molecule has 284 valence electrons. The Bertz CT molecular complexity index is 2230. The van der Waals surface area contributed by atoms with Gasteiger partial charge in [0, 0.05) is 19.3 Å². The fourth-order valence-corrected chi connectivity index (χ4v) is 8.71. The van der Waals surface area contributed by atoms with Crippen LogP contribution in [0.3, 0.4) is 0 Å². The SMILES string of the molecule is COc1cc([C@@H]2C[C@H](OC(=O)Cc3ccc4cc(O)ccc4c3)C[C@@H](OC(C)=O)[C@@H]3Cc4cc(OC)c(O)cc4C[C@@]3(/C=C/c3ccccc3)C2)ccc1O. The third-order valence-corrected chi connectivity index (χ3v) is 11.3. The molecule has 0 aliphatic heterocycles. The average molecular weight is 743 g/mol. The maximum absolute atomic E-state index is 13.8. The minimum atomic E-state index is -0.620. The highest BCUT2D eigenvalue weighted by molar-refractivity contribution is 5.85. The second-order valence-electron chi connectivity index (χ2n) is 14.9. The van der Waals surface area contributed by atoms with Gasteiger partial charge in [-0.15, -0.1) is 0 Å². The zero-order valence-corrected chi connectivity index (χ0v) is 31.2. The number of esters is 2. The number of aromatic hydroxyl groups is 3. The first-order valence-electron chi connectivity index (χ1n) is 18.6. The molecular formula is C46H46O9. The van der Waals surface area contributed by atoms with Gasteiger partial charge in [-0.05, 0) is 112 Å². The van der Waals surface area contributed by atoms with Gasteiger partial charge in [0.1, 0.15) is 18.0 Å². The van der Waals surface area contributed by atoms with E-state index in [9.17, 15) is 24.9 Å². The molecular weight excluding hydrogens is 696 g/mol. The lowest BCUT2D eigenvalue weighted by Crippen LogP contribution is -2.49. The maximum Gasteiger partial charge on any atom is 0.310 e. The summed E-state index contributed by atoms with van der Waals surface area (Å²) in [5, 5.41) is 33.1. The second-order valence-corrected chi connectivity index (χ2v) is 14.9. The molecule has 1 fully saturated rings. The fraction of sp³-hybridized carbons (Fsp3) is 0.304. The summed E-state index contributed by atoms with van der Waals surface area (Å²) in [5.74, 6) is -0.309. The van der Waals surface area contributed by atoms with Gasteiger partial charge in [0.2, 0.25) is 0 Å². The Morgan fingerprint density at radius 3 is 2.29 bits per heavy atom. The monoisotopic (exact) mass is 742 g/mol. The highest BCUT2D eigenvalue weighted by Gasteiger charge is 2.50. The first-order chi connectivity index (χ1) is 26.5. The number of rotatable bonds is 9. The molecule has 0 saturated heterocycles. The van der Waals surface area contributed by atoms with Gasteiger partial charge in [-0.25, -0.2) is 0 Å². The number of hydrogen-bond acceptors (Lipinski definition) is 9. The van der Waals surface area contributed by atoms with E-state index in [1.807, 2.05) is 72.8 Å². The quantitative estimate of drug-likeness (QED) is 0.127. The molecule has 5 aromatic rings. The lowest BCUT2D eigenvalue weighted by atomic mass is 9.56. The van der Waals surface area contributed by atoms with Crippen molar-refractivity contribution < 1.29 is 43.9 Å². The van der Waals surface area contributed by atoms with Crippen molar-refractivity contribution in [2.45, 2.75) is 63.6 Å². The van der Waals surface area contributed by atoms with E-state index in [1.54, 1.807) is 24.3 Å². The fourth-order valence-electron chi connectivity index (χ4n) is 8.71. The number of phenolic OH excluding ortho intramolecular Hbond substituents is 3. The van der Waals surface area contributed by atoms with Crippen LogP contribution in [0.5, 0.6) is 28.7 Å². The largest absolute Gasteiger partial charge is 0.508 e. The van der Waals surface area contributed by atoms with E-state index in [2.05, 4.69) is 12.2 Å². The minimum absolute atomic E-state index is 0.0215. The Kier molecular flexibility index (Phi) is 10.7. The zero-order valence-electron chi connectivity index (χ0n) is 31.2. The number of phenols is 3. The zero-order chi connectivity index (χ0) is 38.7. The summed E-state index contributed by atoms with van der Waals surface area (Å²) < 4.78 is 23.6. The van der Waals surface area contributed by atoms with Crippen LogP contribution in [0.2, 0.25) is 0 Å². The molecule has 0 spiro atoms. The van der Waals surface area contributed by atoms with Crippen LogP contribution < -0.4 is 9.47 Å². The van der Waals surface area contributed by atoms with E-state index < -0.39 is 29.6 Å². The minimum Gasteiger partial charge on any atom is -0.508 e. The summed E-state index contributed by atoms with van der Waals surface area (Å²) in [4.78, 5) is 26.7. The van der Waals surface area contributed by atoms with Crippen molar-refractivity contribution in [2.75, 3.05) is 14.2 Å². The van der Waals surface area contributed by atoms with E-state index in [4.69, 9.17) is 18.9 Å². The Morgan fingerprint density at radius 1 is 0.782 bits per heavy atom. The molecule has 0 bridgehead atoms. The van der Waals surface area contributed by atoms with E-state index in [1.165, 1.54) is 21.1 Å². The average Bonchev–Trinajstić information content (AvgIpc) is 3.16. The molecule has 5 atom stereocenters. The molecule has 3 N–H and O–H groups in total. The Labute approximate surface area is 320 Å². The summed E-state index contributed by atoms with van der Waals surface area (Å²) in [7, 11) is 3.03. The van der Waals surface area contributed by atoms with Gasteiger partial charge in [0.25, 0.3) is 0 Å². The van der Waals surface area contributed by atoms with Gasteiger partial charge in [0.15, 0.2) is 23.0 Å². The Morgan fingerprint density at radius 2 is 1.53 bits per heavy atom. The predicted octanol–water partition coefficient (Wildman–Crippen LogP) is 8.44. The van der Waals surface area contributed by atoms with Crippen LogP contribution in [0.25, 0.3) is 16.8 Å². The van der Waals surface area contributed by atoms with Crippen molar-refractivity contribution in [3.63, 3.8) is 0 Å². The van der Waals surface area contributed by atoms with Gasteiger partial charge in [-0.1, -0.05) is 72.8 Å². The van der Waals surface area contributed by atoms with Gasteiger partial charge >= 0.3 is 11.9 Å². The highest BCUT2D eigenvalue weighted by atomic mass is 16.6. The third kappa shape index (κ3) is 8.26. The molecule has 2 aliphatic rings. The predicted molar refractivity (Wildman–Crippen MR) is 209 cm³/mol. The number of allylic oxidation sites excluding steroid dienone is 1. The van der Waals surface area contributed by atoms with Crippen LogP contribution in [0.15, 0.2) is 103 Å². The molecule has 0 unspecified atom stereocenters. The number of carbonyl (C=O) groups excluding carboxylic acids is 2. The molecule has 55 heavy (non-hydrogen) atoms. The lowest BCUT2D eigenvalue weighted by Gasteiger charge is -2.50. The van der Waals surface area contributed by atoms with Crippen LogP contribution in [-0.2, 0) is 38.3 Å². The number of hydrogen-bond donors (Lipinski definition) is 3. The summed E-state index contributed by atoms with van der Waals surface area (Å²) in [6.07, 6.45) is 5.47. The highest BCUT2D eigenvalue weighted by Crippen LogP contribution is 2.54. The molecule has 0 heterocycles.